The van der Waals surface area contributed by atoms with Crippen molar-refractivity contribution in [1.82, 2.24) is 4.90 Å². The average Bonchev–Trinajstić information content (AvgIpc) is 3.07. The Morgan fingerprint density at radius 1 is 1.19 bits per heavy atom. The monoisotopic (exact) mass is 295 g/mol. The van der Waals surface area contributed by atoms with Gasteiger partial charge in [-0.1, -0.05) is 26.0 Å². The maximum absolute atomic E-state index is 12.9. The summed E-state index contributed by atoms with van der Waals surface area (Å²) in [6.07, 6.45) is 6.34. The molecule has 0 heterocycles. The van der Waals surface area contributed by atoms with Crippen molar-refractivity contribution in [2.75, 3.05) is 13.2 Å². The first kappa shape index (κ1) is 16.0. The molecule has 1 amide bonds. The first-order valence-corrected chi connectivity index (χ1v) is 7.87. The van der Waals surface area contributed by atoms with Crippen LogP contribution >= 0.6 is 0 Å². The van der Waals surface area contributed by atoms with Gasteiger partial charge in [-0.05, 0) is 31.1 Å². The zero-order valence-corrected chi connectivity index (χ0v) is 12.7. The quantitative estimate of drug-likeness (QED) is 0.698. The number of aliphatic hydroxyl groups excluding tert-OH is 1. The number of nitrogens with zero attached hydrogens (tertiary/aromatic N) is 1. The van der Waals surface area contributed by atoms with Gasteiger partial charge in [0.25, 0.3) is 0 Å². The molecule has 0 saturated heterocycles. The van der Waals surface area contributed by atoms with Gasteiger partial charge in [0.1, 0.15) is 0 Å². The van der Waals surface area contributed by atoms with Crippen LogP contribution < -0.4 is 0 Å². The molecular weight excluding hydrogens is 270 g/mol. The van der Waals surface area contributed by atoms with Gasteiger partial charge in [0, 0.05) is 12.6 Å². The predicted molar refractivity (Wildman–Crippen MR) is 78.5 cm³/mol. The third-order valence-corrected chi connectivity index (χ3v) is 5.04. The minimum Gasteiger partial charge on any atom is -0.481 e. The number of rotatable bonds is 7. The summed E-state index contributed by atoms with van der Waals surface area (Å²) in [7, 11) is 0. The van der Waals surface area contributed by atoms with E-state index in [0.717, 1.165) is 19.3 Å². The van der Waals surface area contributed by atoms with E-state index >= 15 is 0 Å². The Kier molecular flexibility index (Phi) is 5.04. The molecule has 0 aromatic carbocycles. The molecule has 0 aromatic rings. The third-order valence-electron chi connectivity index (χ3n) is 5.04. The van der Waals surface area contributed by atoms with Crippen LogP contribution in [0.15, 0.2) is 12.2 Å². The number of fused-ring (bicyclic) bond motifs is 2. The number of carboxylic acid groups (broad SMARTS) is 1. The maximum Gasteiger partial charge on any atom is 0.307 e. The summed E-state index contributed by atoms with van der Waals surface area (Å²) in [6, 6.07) is 0.0715. The third kappa shape index (κ3) is 2.84. The van der Waals surface area contributed by atoms with Crippen LogP contribution in [0.2, 0.25) is 0 Å². The second-order valence-corrected chi connectivity index (χ2v) is 6.06. The van der Waals surface area contributed by atoms with Crippen molar-refractivity contribution in [3.05, 3.63) is 12.2 Å². The molecule has 4 atom stereocenters. The van der Waals surface area contributed by atoms with Gasteiger partial charge in [0.15, 0.2) is 0 Å². The summed E-state index contributed by atoms with van der Waals surface area (Å²) in [5, 5.41) is 18.7. The summed E-state index contributed by atoms with van der Waals surface area (Å²) >= 11 is 0. The van der Waals surface area contributed by atoms with Crippen molar-refractivity contribution in [3.8, 4) is 0 Å². The molecule has 0 spiro atoms. The Bertz CT molecular complexity index is 430. The molecule has 2 aliphatic carbocycles. The molecule has 118 valence electrons. The van der Waals surface area contributed by atoms with E-state index in [1.807, 2.05) is 26.0 Å². The van der Waals surface area contributed by atoms with E-state index < -0.39 is 17.8 Å². The first-order chi connectivity index (χ1) is 10.0. The van der Waals surface area contributed by atoms with Crippen LogP contribution in [-0.4, -0.2) is 46.2 Å². The number of hydrogen-bond acceptors (Lipinski definition) is 3. The number of carboxylic acids is 1. The molecule has 5 heteroatoms. The van der Waals surface area contributed by atoms with Gasteiger partial charge in [0.05, 0.1) is 18.4 Å². The van der Waals surface area contributed by atoms with Gasteiger partial charge in [-0.2, -0.15) is 0 Å². The number of allylic oxidation sites excluding steroid dienone is 2. The van der Waals surface area contributed by atoms with E-state index in [4.69, 9.17) is 0 Å². The van der Waals surface area contributed by atoms with Gasteiger partial charge >= 0.3 is 5.97 Å². The molecule has 5 nitrogen and oxygen atoms in total. The fourth-order valence-corrected chi connectivity index (χ4v) is 4.00. The second kappa shape index (κ2) is 6.60. The van der Waals surface area contributed by atoms with E-state index in [9.17, 15) is 19.8 Å². The summed E-state index contributed by atoms with van der Waals surface area (Å²) < 4.78 is 0. The molecule has 0 radical (unpaired) electrons. The van der Waals surface area contributed by atoms with E-state index in [2.05, 4.69) is 0 Å². The van der Waals surface area contributed by atoms with E-state index in [1.165, 1.54) is 0 Å². The Balaban J connectivity index is 2.23. The van der Waals surface area contributed by atoms with Crippen LogP contribution in [0.3, 0.4) is 0 Å². The minimum atomic E-state index is -0.876. The van der Waals surface area contributed by atoms with Crippen molar-refractivity contribution in [2.24, 2.45) is 23.7 Å². The maximum atomic E-state index is 12.9. The molecule has 2 N–H and O–H groups in total. The molecule has 4 unspecified atom stereocenters. The number of carbonyl (C=O) groups is 2. The molecule has 2 bridgehead atoms. The largest absolute Gasteiger partial charge is 0.481 e. The number of amides is 1. The lowest BCUT2D eigenvalue weighted by molar-refractivity contribution is -0.152. The molecule has 2 aliphatic rings. The van der Waals surface area contributed by atoms with E-state index in [-0.39, 0.29) is 36.9 Å². The smallest absolute Gasteiger partial charge is 0.307 e. The number of hydrogen-bond donors (Lipinski definition) is 2. The van der Waals surface area contributed by atoms with Gasteiger partial charge < -0.3 is 15.1 Å². The van der Waals surface area contributed by atoms with Crippen LogP contribution in [0.5, 0.6) is 0 Å². The van der Waals surface area contributed by atoms with Gasteiger partial charge in [-0.3, -0.25) is 9.59 Å². The van der Waals surface area contributed by atoms with Crippen molar-refractivity contribution in [1.29, 1.82) is 0 Å². The molecule has 0 aromatic heterocycles. The van der Waals surface area contributed by atoms with E-state index in [0.29, 0.717) is 0 Å². The molecule has 0 aliphatic heterocycles. The van der Waals surface area contributed by atoms with E-state index in [1.54, 1.807) is 4.90 Å². The lowest BCUT2D eigenvalue weighted by Gasteiger charge is -2.35. The highest BCUT2D eigenvalue weighted by molar-refractivity contribution is 5.87. The fraction of sp³-hybridized carbons (Fsp3) is 0.750. The summed E-state index contributed by atoms with van der Waals surface area (Å²) in [5.74, 6) is -2.02. The lowest BCUT2D eigenvalue weighted by Crippen LogP contribution is -2.48. The Hall–Kier alpha value is -1.36. The van der Waals surface area contributed by atoms with Gasteiger partial charge in [-0.15, -0.1) is 0 Å². The number of carbonyl (C=O) groups excluding carboxylic acids is 1. The molecular formula is C16H25NO4. The molecule has 21 heavy (non-hydrogen) atoms. The van der Waals surface area contributed by atoms with Crippen LogP contribution in [0, 0.1) is 23.7 Å². The van der Waals surface area contributed by atoms with Crippen molar-refractivity contribution >= 4 is 11.9 Å². The fourth-order valence-electron chi connectivity index (χ4n) is 4.00. The Morgan fingerprint density at radius 3 is 2.24 bits per heavy atom. The van der Waals surface area contributed by atoms with Crippen molar-refractivity contribution < 1.29 is 19.8 Å². The highest BCUT2D eigenvalue weighted by Gasteiger charge is 2.52. The SMILES string of the molecule is CCC(CC)N(CCO)C(=O)C1C2C=CC(C2)C1C(=O)O. The van der Waals surface area contributed by atoms with Crippen LogP contribution in [-0.2, 0) is 9.59 Å². The van der Waals surface area contributed by atoms with Crippen LogP contribution in [0.4, 0.5) is 0 Å². The number of aliphatic hydroxyl groups is 1. The average molecular weight is 295 g/mol. The normalized spacial score (nSPS) is 30.1. The first-order valence-electron chi connectivity index (χ1n) is 7.87. The highest BCUT2D eigenvalue weighted by atomic mass is 16.4. The van der Waals surface area contributed by atoms with Gasteiger partial charge in [-0.25, -0.2) is 0 Å². The Labute approximate surface area is 125 Å². The topological polar surface area (TPSA) is 77.8 Å². The van der Waals surface area contributed by atoms with Crippen molar-refractivity contribution in [3.63, 3.8) is 0 Å². The summed E-state index contributed by atoms with van der Waals surface area (Å²) in [4.78, 5) is 26.2. The van der Waals surface area contributed by atoms with Gasteiger partial charge in [0.2, 0.25) is 5.91 Å². The zero-order chi connectivity index (χ0) is 15.6. The van der Waals surface area contributed by atoms with Crippen molar-refractivity contribution in [2.45, 2.75) is 39.2 Å². The molecule has 2 rings (SSSR count). The molecule has 1 saturated carbocycles. The highest BCUT2D eigenvalue weighted by Crippen LogP contribution is 2.49. The minimum absolute atomic E-state index is 0.0147. The number of aliphatic carboxylic acids is 1. The molecule has 1 fully saturated rings. The zero-order valence-electron chi connectivity index (χ0n) is 12.7. The summed E-state index contributed by atoms with van der Waals surface area (Å²) in [5.41, 5.74) is 0. The Morgan fingerprint density at radius 2 is 1.76 bits per heavy atom. The summed E-state index contributed by atoms with van der Waals surface area (Å²) in [6.45, 7) is 4.23. The standard InChI is InChI=1S/C16H25NO4/c1-3-12(4-2)17(7-8-18)15(19)13-10-5-6-11(9-10)14(13)16(20)21/h5-6,10-14,18H,3-4,7-9H2,1-2H3,(H,20,21). The van der Waals surface area contributed by atoms with Crippen LogP contribution in [0.1, 0.15) is 33.1 Å². The lowest BCUT2D eigenvalue weighted by atomic mass is 9.81. The van der Waals surface area contributed by atoms with Crippen LogP contribution in [0.25, 0.3) is 0 Å². The second-order valence-electron chi connectivity index (χ2n) is 6.06. The predicted octanol–water partition coefficient (Wildman–Crippen LogP) is 1.52.